The van der Waals surface area contributed by atoms with Crippen molar-refractivity contribution in [3.05, 3.63) is 29.6 Å². The summed E-state index contributed by atoms with van der Waals surface area (Å²) in [4.78, 5) is 10.3. The summed E-state index contributed by atoms with van der Waals surface area (Å²) in [5.74, 6) is -2.32. The molecule has 0 amide bonds. The molecule has 1 fully saturated rings. The molecule has 116 valence electrons. The van der Waals surface area contributed by atoms with Crippen LogP contribution < -0.4 is 0 Å². The van der Waals surface area contributed by atoms with Gasteiger partial charge in [0.05, 0.1) is 16.9 Å². The number of rotatable bonds is 4. The van der Waals surface area contributed by atoms with E-state index < -0.39 is 31.8 Å². The second kappa shape index (κ2) is 6.11. The summed E-state index contributed by atoms with van der Waals surface area (Å²) in [5.41, 5.74) is -0.273. The van der Waals surface area contributed by atoms with Gasteiger partial charge in [0.1, 0.15) is 10.7 Å². The van der Waals surface area contributed by atoms with Gasteiger partial charge in [0, 0.05) is 7.11 Å². The summed E-state index contributed by atoms with van der Waals surface area (Å²) >= 11 is 0. The van der Waals surface area contributed by atoms with Gasteiger partial charge in [-0.1, -0.05) is 0 Å². The van der Waals surface area contributed by atoms with Crippen LogP contribution in [0.2, 0.25) is 0 Å². The van der Waals surface area contributed by atoms with Gasteiger partial charge in [-0.2, -0.15) is 0 Å². The van der Waals surface area contributed by atoms with E-state index in [0.717, 1.165) is 24.6 Å². The van der Waals surface area contributed by atoms with Crippen LogP contribution in [0.3, 0.4) is 0 Å². The second-order valence-electron chi connectivity index (χ2n) is 5.14. The number of hydrogen-bond donors (Lipinski definition) is 1. The minimum atomic E-state index is -3.83. The van der Waals surface area contributed by atoms with Crippen molar-refractivity contribution >= 4 is 15.8 Å². The highest BCUT2D eigenvalue weighted by atomic mass is 32.2. The van der Waals surface area contributed by atoms with Gasteiger partial charge in [0.25, 0.3) is 0 Å². The first-order valence-corrected chi connectivity index (χ1v) is 8.20. The Morgan fingerprint density at radius 1 is 1.38 bits per heavy atom. The maximum atomic E-state index is 14.0. The predicted molar refractivity (Wildman–Crippen MR) is 73.6 cm³/mol. The van der Waals surface area contributed by atoms with E-state index in [9.17, 15) is 17.6 Å². The number of halogens is 1. The third-order valence-electron chi connectivity index (χ3n) is 3.84. The zero-order valence-electron chi connectivity index (χ0n) is 11.6. The lowest BCUT2D eigenvalue weighted by Gasteiger charge is -2.28. The minimum absolute atomic E-state index is 0.139. The number of ether oxygens (including phenoxy) is 1. The zero-order valence-corrected chi connectivity index (χ0v) is 12.4. The van der Waals surface area contributed by atoms with Crippen LogP contribution in [0.25, 0.3) is 0 Å². The molecule has 7 heteroatoms. The van der Waals surface area contributed by atoms with E-state index in [1.54, 1.807) is 0 Å². The van der Waals surface area contributed by atoms with Gasteiger partial charge < -0.3 is 9.84 Å². The number of carbonyl (C=O) groups is 1. The van der Waals surface area contributed by atoms with Gasteiger partial charge in [0.2, 0.25) is 0 Å². The summed E-state index contributed by atoms with van der Waals surface area (Å²) in [6, 6.07) is 2.88. The van der Waals surface area contributed by atoms with Crippen molar-refractivity contribution in [2.24, 2.45) is 0 Å². The first-order valence-electron chi connectivity index (χ1n) is 6.65. The minimum Gasteiger partial charge on any atom is -0.478 e. The summed E-state index contributed by atoms with van der Waals surface area (Å²) in [7, 11) is -2.30. The molecule has 0 aliphatic heterocycles. The van der Waals surface area contributed by atoms with Crippen LogP contribution in [-0.4, -0.2) is 38.0 Å². The molecule has 1 aliphatic carbocycles. The van der Waals surface area contributed by atoms with Crippen molar-refractivity contribution in [2.45, 2.75) is 41.9 Å². The molecule has 2 rings (SSSR count). The van der Waals surface area contributed by atoms with E-state index in [1.165, 1.54) is 7.11 Å². The Hall–Kier alpha value is -1.47. The smallest absolute Gasteiger partial charge is 0.335 e. The molecule has 0 saturated heterocycles. The largest absolute Gasteiger partial charge is 0.478 e. The fraction of sp³-hybridized carbons (Fsp3) is 0.500. The molecule has 1 aromatic rings. The van der Waals surface area contributed by atoms with E-state index in [0.29, 0.717) is 19.3 Å². The third kappa shape index (κ3) is 3.24. The Kier molecular flexibility index (Phi) is 4.63. The maximum Gasteiger partial charge on any atom is 0.335 e. The molecule has 2 unspecified atom stereocenters. The van der Waals surface area contributed by atoms with Gasteiger partial charge >= 0.3 is 5.97 Å². The average Bonchev–Trinajstić information content (AvgIpc) is 2.46. The van der Waals surface area contributed by atoms with Crippen molar-refractivity contribution in [3.63, 3.8) is 0 Å². The van der Waals surface area contributed by atoms with Gasteiger partial charge in [0.15, 0.2) is 9.84 Å². The summed E-state index contributed by atoms with van der Waals surface area (Å²) in [5, 5.41) is 8.09. The SMILES string of the molecule is COC1CCCC(S(=O)(=O)c2ccc(C(=O)O)cc2F)C1. The Morgan fingerprint density at radius 3 is 2.67 bits per heavy atom. The fourth-order valence-corrected chi connectivity index (χ4v) is 4.53. The molecule has 2 atom stereocenters. The van der Waals surface area contributed by atoms with Crippen molar-refractivity contribution in [2.75, 3.05) is 7.11 Å². The molecule has 1 aliphatic rings. The summed E-state index contributed by atoms with van der Waals surface area (Å²) in [6.07, 6.45) is 2.15. The molecule has 0 radical (unpaired) electrons. The number of carboxylic acids is 1. The van der Waals surface area contributed by atoms with Crippen molar-refractivity contribution in [1.29, 1.82) is 0 Å². The van der Waals surface area contributed by atoms with E-state index in [-0.39, 0.29) is 11.7 Å². The quantitative estimate of drug-likeness (QED) is 0.921. The van der Waals surface area contributed by atoms with E-state index in [4.69, 9.17) is 9.84 Å². The summed E-state index contributed by atoms with van der Waals surface area (Å²) in [6.45, 7) is 0. The number of aromatic carboxylic acids is 1. The lowest BCUT2D eigenvalue weighted by atomic mass is 9.97. The monoisotopic (exact) mass is 316 g/mol. The van der Waals surface area contributed by atoms with E-state index >= 15 is 0 Å². The van der Waals surface area contributed by atoms with Gasteiger partial charge in [-0.05, 0) is 43.9 Å². The Balaban J connectivity index is 2.33. The predicted octanol–water partition coefficient (Wildman–Crippen LogP) is 2.26. The molecule has 1 saturated carbocycles. The molecule has 1 N–H and O–H groups in total. The lowest BCUT2D eigenvalue weighted by molar-refractivity contribution is 0.0696. The number of methoxy groups -OCH3 is 1. The molecule has 0 heterocycles. The van der Waals surface area contributed by atoms with Gasteiger partial charge in [-0.3, -0.25) is 0 Å². The normalized spacial score (nSPS) is 23.0. The molecule has 0 spiro atoms. The molecular weight excluding hydrogens is 299 g/mol. The first-order chi connectivity index (χ1) is 9.86. The Morgan fingerprint density at radius 2 is 2.10 bits per heavy atom. The van der Waals surface area contributed by atoms with Crippen LogP contribution in [0.5, 0.6) is 0 Å². The lowest BCUT2D eigenvalue weighted by Crippen LogP contribution is -2.32. The zero-order chi connectivity index (χ0) is 15.6. The average molecular weight is 316 g/mol. The Labute approximate surface area is 122 Å². The molecule has 1 aromatic carbocycles. The van der Waals surface area contributed by atoms with Crippen LogP contribution >= 0.6 is 0 Å². The molecule has 5 nitrogen and oxygen atoms in total. The van der Waals surface area contributed by atoms with Crippen LogP contribution in [0, 0.1) is 5.82 Å². The van der Waals surface area contributed by atoms with Crippen molar-refractivity contribution in [3.8, 4) is 0 Å². The second-order valence-corrected chi connectivity index (χ2v) is 7.34. The van der Waals surface area contributed by atoms with Gasteiger partial charge in [-0.15, -0.1) is 0 Å². The van der Waals surface area contributed by atoms with Crippen LogP contribution in [-0.2, 0) is 14.6 Å². The van der Waals surface area contributed by atoms with E-state index in [2.05, 4.69) is 0 Å². The highest BCUT2D eigenvalue weighted by Crippen LogP contribution is 2.31. The highest BCUT2D eigenvalue weighted by molar-refractivity contribution is 7.92. The molecular formula is C14H17FO5S. The first kappa shape index (κ1) is 15.9. The maximum absolute atomic E-state index is 14.0. The van der Waals surface area contributed by atoms with Crippen LogP contribution in [0.4, 0.5) is 4.39 Å². The molecule has 21 heavy (non-hydrogen) atoms. The number of carboxylic acid groups (broad SMARTS) is 1. The summed E-state index contributed by atoms with van der Waals surface area (Å²) < 4.78 is 44.2. The van der Waals surface area contributed by atoms with Crippen molar-refractivity contribution in [1.82, 2.24) is 0 Å². The number of sulfone groups is 1. The third-order valence-corrected chi connectivity index (χ3v) is 6.09. The standard InChI is InChI=1S/C14H17FO5S/c1-20-10-3-2-4-11(8-10)21(18,19)13-6-5-9(14(16)17)7-12(13)15/h5-7,10-11H,2-4,8H2,1H3,(H,16,17). The van der Waals surface area contributed by atoms with Crippen LogP contribution in [0.1, 0.15) is 36.0 Å². The van der Waals surface area contributed by atoms with Crippen molar-refractivity contribution < 1.29 is 27.4 Å². The van der Waals surface area contributed by atoms with Crippen LogP contribution in [0.15, 0.2) is 23.1 Å². The highest BCUT2D eigenvalue weighted by Gasteiger charge is 2.34. The number of benzene rings is 1. The van der Waals surface area contributed by atoms with Gasteiger partial charge in [-0.25, -0.2) is 17.6 Å². The molecule has 0 aromatic heterocycles. The topological polar surface area (TPSA) is 80.7 Å². The number of hydrogen-bond acceptors (Lipinski definition) is 4. The van der Waals surface area contributed by atoms with E-state index in [1.807, 2.05) is 0 Å². The fourth-order valence-electron chi connectivity index (χ4n) is 2.64. The Bertz CT molecular complexity index is 641. The molecule has 0 bridgehead atoms.